The molecule has 0 unspecified atom stereocenters. The Balaban J connectivity index is 2.42. The first kappa shape index (κ1) is 16.7. The smallest absolute Gasteiger partial charge is 0.320 e. The Kier molecular flexibility index (Phi) is 4.78. The van der Waals surface area contributed by atoms with Crippen molar-refractivity contribution in [2.75, 3.05) is 0 Å². The zero-order chi connectivity index (χ0) is 17.1. The zero-order valence-electron chi connectivity index (χ0n) is 13.2. The maximum Gasteiger partial charge on any atom is 0.320 e. The Morgan fingerprint density at radius 2 is 1.91 bits per heavy atom. The van der Waals surface area contributed by atoms with Crippen LogP contribution in [0.5, 0.6) is 0 Å². The lowest BCUT2D eigenvalue weighted by molar-refractivity contribution is -0.122. The van der Waals surface area contributed by atoms with Gasteiger partial charge in [-0.3, -0.25) is 23.5 Å². The number of nitrogens with zero attached hydrogens (tertiary/aromatic N) is 2. The molecule has 122 valence electrons. The van der Waals surface area contributed by atoms with Crippen molar-refractivity contribution in [3.05, 3.63) is 62.7 Å². The van der Waals surface area contributed by atoms with Gasteiger partial charge in [0.25, 0.3) is 0 Å². The summed E-state index contributed by atoms with van der Waals surface area (Å²) in [6.07, 6.45) is 2.70. The lowest BCUT2D eigenvalue weighted by atomic mass is 10.2. The number of carbonyl (C=O) groups excluding carboxylic acids is 1. The van der Waals surface area contributed by atoms with Crippen LogP contribution in [0.4, 0.5) is 4.39 Å². The Hall–Kier alpha value is -2.70. The third kappa shape index (κ3) is 3.74. The summed E-state index contributed by atoms with van der Waals surface area (Å²) in [6, 6.07) is 3.93. The van der Waals surface area contributed by atoms with Crippen LogP contribution in [0.15, 0.2) is 40.2 Å². The summed E-state index contributed by atoms with van der Waals surface area (Å²) in [5.74, 6) is -0.862. The molecular formula is C16H18FN3O3. The van der Waals surface area contributed by atoms with E-state index < -0.39 is 16.9 Å². The van der Waals surface area contributed by atoms with Gasteiger partial charge in [0, 0.05) is 18.4 Å². The highest BCUT2D eigenvalue weighted by molar-refractivity contribution is 5.75. The summed E-state index contributed by atoms with van der Waals surface area (Å²) < 4.78 is 15.5. The van der Waals surface area contributed by atoms with Gasteiger partial charge in [-0.25, -0.2) is 4.39 Å². The van der Waals surface area contributed by atoms with Gasteiger partial charge >= 0.3 is 11.1 Å². The van der Waals surface area contributed by atoms with E-state index in [2.05, 4.69) is 5.32 Å². The first-order valence-electron chi connectivity index (χ1n) is 7.17. The minimum absolute atomic E-state index is 0.0616. The second kappa shape index (κ2) is 6.60. The molecule has 1 aromatic heterocycles. The van der Waals surface area contributed by atoms with Gasteiger partial charge in [-0.05, 0) is 38.5 Å². The monoisotopic (exact) mass is 319 g/mol. The highest BCUT2D eigenvalue weighted by atomic mass is 19.1. The third-order valence-corrected chi connectivity index (χ3v) is 3.25. The summed E-state index contributed by atoms with van der Waals surface area (Å²) in [6.45, 7) is 5.06. The quantitative estimate of drug-likeness (QED) is 0.854. The number of rotatable bonds is 4. The number of aryl methyl sites for hydroxylation is 1. The molecule has 1 heterocycles. The molecule has 2 aromatic rings. The van der Waals surface area contributed by atoms with Crippen molar-refractivity contribution in [2.45, 2.75) is 33.4 Å². The van der Waals surface area contributed by atoms with E-state index in [1.54, 1.807) is 20.8 Å². The Morgan fingerprint density at radius 3 is 2.57 bits per heavy atom. The number of nitrogens with one attached hydrogen (secondary N) is 1. The maximum absolute atomic E-state index is 13.4. The lowest BCUT2D eigenvalue weighted by Gasteiger charge is -2.12. The largest absolute Gasteiger partial charge is 0.352 e. The van der Waals surface area contributed by atoms with Crippen LogP contribution < -0.4 is 16.4 Å². The first-order chi connectivity index (χ1) is 10.8. The average molecular weight is 319 g/mol. The normalized spacial score (nSPS) is 10.8. The topological polar surface area (TPSA) is 73.1 Å². The molecule has 0 fully saturated rings. The molecule has 0 atom stereocenters. The van der Waals surface area contributed by atoms with Crippen LogP contribution in [-0.4, -0.2) is 21.1 Å². The van der Waals surface area contributed by atoms with Gasteiger partial charge in [0.05, 0.1) is 5.69 Å². The first-order valence-corrected chi connectivity index (χ1v) is 7.17. The number of halogens is 1. The molecule has 0 saturated carbocycles. The van der Waals surface area contributed by atoms with Crippen LogP contribution in [0.3, 0.4) is 0 Å². The van der Waals surface area contributed by atoms with Gasteiger partial charge < -0.3 is 5.32 Å². The van der Waals surface area contributed by atoms with Crippen molar-refractivity contribution in [3.8, 4) is 5.69 Å². The number of benzene rings is 1. The highest BCUT2D eigenvalue weighted by Crippen LogP contribution is 2.13. The van der Waals surface area contributed by atoms with E-state index in [0.29, 0.717) is 11.3 Å². The van der Waals surface area contributed by atoms with Gasteiger partial charge in [0.2, 0.25) is 5.91 Å². The van der Waals surface area contributed by atoms with Crippen molar-refractivity contribution in [2.24, 2.45) is 0 Å². The van der Waals surface area contributed by atoms with E-state index in [1.165, 1.54) is 30.6 Å². The molecule has 0 aliphatic heterocycles. The van der Waals surface area contributed by atoms with Gasteiger partial charge in [-0.1, -0.05) is 6.07 Å². The van der Waals surface area contributed by atoms with E-state index in [-0.39, 0.29) is 18.5 Å². The number of carbonyl (C=O) groups is 1. The van der Waals surface area contributed by atoms with Crippen LogP contribution in [0.25, 0.3) is 5.69 Å². The molecule has 1 aromatic carbocycles. The molecule has 2 rings (SSSR count). The Morgan fingerprint density at radius 1 is 1.22 bits per heavy atom. The van der Waals surface area contributed by atoms with Gasteiger partial charge in [-0.15, -0.1) is 0 Å². The fourth-order valence-electron chi connectivity index (χ4n) is 2.19. The Bertz CT molecular complexity index is 852. The van der Waals surface area contributed by atoms with E-state index in [9.17, 15) is 18.8 Å². The molecule has 7 heteroatoms. The fourth-order valence-corrected chi connectivity index (χ4v) is 2.19. The van der Waals surface area contributed by atoms with Gasteiger partial charge in [0.1, 0.15) is 12.4 Å². The molecular weight excluding hydrogens is 301 g/mol. The van der Waals surface area contributed by atoms with Crippen molar-refractivity contribution >= 4 is 5.91 Å². The van der Waals surface area contributed by atoms with Crippen molar-refractivity contribution in [3.63, 3.8) is 0 Å². The van der Waals surface area contributed by atoms with Crippen molar-refractivity contribution in [1.82, 2.24) is 14.5 Å². The SMILES string of the molecule is Cc1ccc(F)cc1-n1ccn(CC(=O)NC(C)C)c(=O)c1=O. The summed E-state index contributed by atoms with van der Waals surface area (Å²) in [4.78, 5) is 36.1. The number of amides is 1. The van der Waals surface area contributed by atoms with Crippen LogP contribution in [0.1, 0.15) is 19.4 Å². The summed E-state index contributed by atoms with van der Waals surface area (Å²) >= 11 is 0. The molecule has 23 heavy (non-hydrogen) atoms. The fraction of sp³-hybridized carbons (Fsp3) is 0.312. The second-order valence-electron chi connectivity index (χ2n) is 5.56. The summed E-state index contributed by atoms with van der Waals surface area (Å²) in [7, 11) is 0. The summed E-state index contributed by atoms with van der Waals surface area (Å²) in [5, 5.41) is 2.64. The van der Waals surface area contributed by atoms with Crippen LogP contribution >= 0.6 is 0 Å². The minimum Gasteiger partial charge on any atom is -0.352 e. The maximum atomic E-state index is 13.4. The average Bonchev–Trinajstić information content (AvgIpc) is 2.46. The lowest BCUT2D eigenvalue weighted by Crippen LogP contribution is -2.43. The van der Waals surface area contributed by atoms with Gasteiger partial charge in [0.15, 0.2) is 0 Å². The molecule has 0 bridgehead atoms. The molecule has 0 spiro atoms. The predicted octanol–water partition coefficient (Wildman–Crippen LogP) is 0.971. The number of hydrogen-bond acceptors (Lipinski definition) is 3. The molecule has 0 aliphatic carbocycles. The van der Waals surface area contributed by atoms with E-state index in [1.807, 2.05) is 0 Å². The molecule has 0 saturated heterocycles. The number of hydrogen-bond donors (Lipinski definition) is 1. The second-order valence-corrected chi connectivity index (χ2v) is 5.56. The predicted molar refractivity (Wildman–Crippen MR) is 84.3 cm³/mol. The third-order valence-electron chi connectivity index (χ3n) is 3.25. The minimum atomic E-state index is -0.838. The standard InChI is InChI=1S/C16H18FN3O3/c1-10(2)18-14(21)9-19-6-7-20(16(23)15(19)22)13-8-12(17)5-4-11(13)3/h4-8,10H,9H2,1-3H3,(H,18,21). The van der Waals surface area contributed by atoms with E-state index in [4.69, 9.17) is 0 Å². The van der Waals surface area contributed by atoms with Crippen molar-refractivity contribution < 1.29 is 9.18 Å². The van der Waals surface area contributed by atoms with Crippen molar-refractivity contribution in [1.29, 1.82) is 0 Å². The van der Waals surface area contributed by atoms with E-state index >= 15 is 0 Å². The molecule has 1 amide bonds. The highest BCUT2D eigenvalue weighted by Gasteiger charge is 2.12. The van der Waals surface area contributed by atoms with Gasteiger partial charge in [-0.2, -0.15) is 0 Å². The van der Waals surface area contributed by atoms with E-state index in [0.717, 1.165) is 9.13 Å². The van der Waals surface area contributed by atoms with Crippen LogP contribution in [0, 0.1) is 12.7 Å². The molecule has 1 N–H and O–H groups in total. The summed E-state index contributed by atoms with van der Waals surface area (Å²) in [5.41, 5.74) is -0.720. The molecule has 0 radical (unpaired) electrons. The Labute approximate surface area is 132 Å². The van der Waals surface area contributed by atoms with Crippen LogP contribution in [0.2, 0.25) is 0 Å². The molecule has 6 nitrogen and oxygen atoms in total. The van der Waals surface area contributed by atoms with Crippen LogP contribution in [-0.2, 0) is 11.3 Å². The number of aromatic nitrogens is 2. The molecule has 0 aliphatic rings. The zero-order valence-corrected chi connectivity index (χ0v) is 13.2.